The molecule has 5 fully saturated rings. The Balaban J connectivity index is 1.30. The van der Waals surface area contributed by atoms with Gasteiger partial charge in [0, 0.05) is 74.6 Å². The van der Waals surface area contributed by atoms with E-state index in [0.29, 0.717) is 47.6 Å². The van der Waals surface area contributed by atoms with Gasteiger partial charge in [0.15, 0.2) is 0 Å². The maximum absolute atomic E-state index is 14.2. The average Bonchev–Trinajstić information content (AvgIpc) is 3.47. The summed E-state index contributed by atoms with van der Waals surface area (Å²) >= 11 is 0. The van der Waals surface area contributed by atoms with Crippen LogP contribution in [-0.2, 0) is 16.2 Å². The number of amides is 2. The Bertz CT molecular complexity index is 1520. The summed E-state index contributed by atoms with van der Waals surface area (Å²) in [7, 11) is 5.53. The first-order valence-corrected chi connectivity index (χ1v) is 17.9. The predicted octanol–water partition coefficient (Wildman–Crippen LogP) is 3.13. The number of nitrogens with zero attached hydrogens (tertiary/aromatic N) is 3. The summed E-state index contributed by atoms with van der Waals surface area (Å²) in [5, 5.41) is 29.5. The molecule has 2 aromatic rings. The Labute approximate surface area is 290 Å². The number of carbonyl (C=O) groups excluding carboxylic acids is 2. The highest BCUT2D eigenvalue weighted by atomic mass is 16.7. The lowest BCUT2D eigenvalue weighted by molar-refractivity contribution is -0.183. The highest BCUT2D eigenvalue weighted by molar-refractivity contribution is 5.97. The summed E-state index contributed by atoms with van der Waals surface area (Å²) in [6, 6.07) is 11.0. The summed E-state index contributed by atoms with van der Waals surface area (Å²) < 4.78 is 6.05. The first kappa shape index (κ1) is 35.6. The van der Waals surface area contributed by atoms with Crippen molar-refractivity contribution in [2.75, 3.05) is 58.9 Å². The van der Waals surface area contributed by atoms with Crippen LogP contribution in [0.15, 0.2) is 36.4 Å². The summed E-state index contributed by atoms with van der Waals surface area (Å²) in [6.07, 6.45) is 0.522. The van der Waals surface area contributed by atoms with E-state index in [4.69, 9.17) is 9.57 Å². The number of methoxy groups -OCH3 is 1. The van der Waals surface area contributed by atoms with Gasteiger partial charge in [0.1, 0.15) is 17.9 Å². The molecule has 0 unspecified atom stereocenters. The summed E-state index contributed by atoms with van der Waals surface area (Å²) in [5.74, 6) is 1.27. The molecule has 268 valence electrons. The third-order valence-electron chi connectivity index (χ3n) is 12.1. The molecule has 2 bridgehead atoms. The number of fused-ring (bicyclic) bond motifs is 2. The Morgan fingerprint density at radius 2 is 1.90 bits per heavy atom. The zero-order valence-electron chi connectivity index (χ0n) is 30.1. The Morgan fingerprint density at radius 3 is 2.51 bits per heavy atom. The summed E-state index contributed by atoms with van der Waals surface area (Å²) in [6.45, 7) is 11.3. The zero-order chi connectivity index (χ0) is 35.2. The van der Waals surface area contributed by atoms with Crippen LogP contribution in [0, 0.1) is 29.1 Å². The topological polar surface area (TPSA) is 127 Å². The standard InChI is InChI=1S/C38H55N5O6/c1-22-30-18-27(38(30,3)4)19-31(22)40-36(46)34-33(23(2)45)32(21-44)49-43(34)20-24-9-8-10-29(35(24)48-7)25-15-26(17-28(16-25)41(5)6)37(47)42-13-11-39-12-14-42/h8-10,15-17,22-23,27,30-34,39,44-45H,11-14,18-21H2,1-7H3,(H,40,46)/t22-,23-,27+,30+,31-,32-,33+,34-/m0/s1. The molecule has 3 saturated carbocycles. The van der Waals surface area contributed by atoms with Crippen molar-refractivity contribution < 1.29 is 29.4 Å². The molecule has 0 aromatic heterocycles. The number of hydroxylamine groups is 2. The fraction of sp³-hybridized carbons (Fsp3) is 0.632. The second kappa shape index (κ2) is 14.2. The molecule has 7 rings (SSSR count). The largest absolute Gasteiger partial charge is 0.496 e. The summed E-state index contributed by atoms with van der Waals surface area (Å²) in [4.78, 5) is 37.9. The van der Waals surface area contributed by atoms with Crippen LogP contribution in [0.3, 0.4) is 0 Å². The fourth-order valence-corrected chi connectivity index (χ4v) is 9.03. The van der Waals surface area contributed by atoms with E-state index in [1.165, 1.54) is 6.42 Å². The Morgan fingerprint density at radius 1 is 1.16 bits per heavy atom. The number of hydrogen-bond acceptors (Lipinski definition) is 9. The van der Waals surface area contributed by atoms with Gasteiger partial charge in [-0.15, -0.1) is 0 Å². The minimum absolute atomic E-state index is 0.00625. The van der Waals surface area contributed by atoms with E-state index < -0.39 is 24.2 Å². The number of hydrogen-bond donors (Lipinski definition) is 4. The van der Waals surface area contributed by atoms with Crippen LogP contribution in [0.5, 0.6) is 5.75 Å². The van der Waals surface area contributed by atoms with Crippen LogP contribution in [0.2, 0.25) is 0 Å². The number of anilines is 1. The van der Waals surface area contributed by atoms with E-state index >= 15 is 0 Å². The van der Waals surface area contributed by atoms with Crippen LogP contribution in [-0.4, -0.2) is 110 Å². The summed E-state index contributed by atoms with van der Waals surface area (Å²) in [5.41, 5.74) is 4.22. The van der Waals surface area contributed by atoms with Crippen molar-refractivity contribution in [1.29, 1.82) is 0 Å². The second-order valence-electron chi connectivity index (χ2n) is 15.4. The number of aliphatic hydroxyl groups is 2. The zero-order valence-corrected chi connectivity index (χ0v) is 30.1. The second-order valence-corrected chi connectivity index (χ2v) is 15.4. The number of aliphatic hydroxyl groups excluding tert-OH is 2. The SMILES string of the molecule is COc1c(CN2O[C@@H](CO)[C@@H]([C@H](C)O)[C@H]2C(=O)N[C@H]2C[C@H]3C[C@H]([C@@H]2C)C3(C)C)cccc1-c1cc(C(=O)N2CCNCC2)cc(N(C)C)c1. The molecular formula is C38H55N5O6. The molecule has 8 atom stereocenters. The van der Waals surface area contributed by atoms with Crippen LogP contribution in [0.25, 0.3) is 11.1 Å². The molecule has 2 saturated heterocycles. The molecule has 5 aliphatic rings. The molecule has 11 heteroatoms. The van der Waals surface area contributed by atoms with Gasteiger partial charge in [-0.25, -0.2) is 0 Å². The van der Waals surface area contributed by atoms with Crippen molar-refractivity contribution in [2.24, 2.45) is 29.1 Å². The van der Waals surface area contributed by atoms with Crippen LogP contribution in [0.4, 0.5) is 5.69 Å². The van der Waals surface area contributed by atoms with E-state index in [1.807, 2.05) is 60.3 Å². The van der Waals surface area contributed by atoms with Crippen molar-refractivity contribution in [3.8, 4) is 16.9 Å². The van der Waals surface area contributed by atoms with E-state index in [1.54, 1.807) is 19.1 Å². The molecule has 49 heavy (non-hydrogen) atoms. The van der Waals surface area contributed by atoms with Crippen molar-refractivity contribution in [2.45, 2.75) is 71.4 Å². The number of para-hydroxylation sites is 1. The molecule has 0 spiro atoms. The molecule has 11 nitrogen and oxygen atoms in total. The molecule has 2 amide bonds. The van der Waals surface area contributed by atoms with E-state index in [-0.39, 0.29) is 31.0 Å². The van der Waals surface area contributed by atoms with Crippen molar-refractivity contribution in [3.63, 3.8) is 0 Å². The minimum Gasteiger partial charge on any atom is -0.496 e. The number of piperazine rings is 1. The van der Waals surface area contributed by atoms with E-state index in [2.05, 4.69) is 31.4 Å². The predicted molar refractivity (Wildman–Crippen MR) is 189 cm³/mol. The highest BCUT2D eigenvalue weighted by Gasteiger charge is 2.57. The van der Waals surface area contributed by atoms with Crippen molar-refractivity contribution in [3.05, 3.63) is 47.5 Å². The van der Waals surface area contributed by atoms with E-state index in [9.17, 15) is 19.8 Å². The molecule has 4 N–H and O–H groups in total. The molecule has 2 heterocycles. The fourth-order valence-electron chi connectivity index (χ4n) is 9.03. The van der Waals surface area contributed by atoms with E-state index in [0.717, 1.165) is 41.9 Å². The molecule has 2 aromatic carbocycles. The maximum atomic E-state index is 14.2. The average molecular weight is 678 g/mol. The highest BCUT2D eigenvalue weighted by Crippen LogP contribution is 2.61. The van der Waals surface area contributed by atoms with Gasteiger partial charge in [-0.05, 0) is 66.7 Å². The smallest absolute Gasteiger partial charge is 0.254 e. The first-order valence-electron chi connectivity index (χ1n) is 17.9. The van der Waals surface area contributed by atoms with Gasteiger partial charge in [0.05, 0.1) is 26.4 Å². The van der Waals surface area contributed by atoms with Crippen LogP contribution >= 0.6 is 0 Å². The number of carbonyl (C=O) groups is 2. The molecular weight excluding hydrogens is 622 g/mol. The van der Waals surface area contributed by atoms with Gasteiger partial charge >= 0.3 is 0 Å². The Kier molecular flexibility index (Phi) is 10.3. The first-order chi connectivity index (χ1) is 23.3. The van der Waals surface area contributed by atoms with Crippen molar-refractivity contribution in [1.82, 2.24) is 20.6 Å². The van der Waals surface area contributed by atoms with Gasteiger partial charge < -0.3 is 35.4 Å². The van der Waals surface area contributed by atoms with Gasteiger partial charge in [0.2, 0.25) is 5.91 Å². The molecule has 3 aliphatic carbocycles. The van der Waals surface area contributed by atoms with Gasteiger partial charge in [-0.1, -0.05) is 39.0 Å². The minimum atomic E-state index is -0.886. The Hall–Kier alpha value is -3.22. The number of nitrogens with one attached hydrogen (secondary N) is 2. The molecule has 0 radical (unpaired) electrons. The van der Waals surface area contributed by atoms with Crippen molar-refractivity contribution >= 4 is 17.5 Å². The number of rotatable bonds is 10. The van der Waals surface area contributed by atoms with Crippen LogP contribution in [0.1, 0.15) is 56.5 Å². The third-order valence-corrected chi connectivity index (χ3v) is 12.1. The lowest BCUT2D eigenvalue weighted by atomic mass is 9.45. The van der Waals surface area contributed by atoms with Gasteiger partial charge in [-0.2, -0.15) is 5.06 Å². The lowest BCUT2D eigenvalue weighted by Gasteiger charge is -2.62. The lowest BCUT2D eigenvalue weighted by Crippen LogP contribution is -2.62. The normalized spacial score (nSPS) is 30.0. The monoisotopic (exact) mass is 677 g/mol. The number of benzene rings is 2. The van der Waals surface area contributed by atoms with Gasteiger partial charge in [-0.3, -0.25) is 14.4 Å². The maximum Gasteiger partial charge on any atom is 0.254 e. The number of ether oxygens (including phenoxy) is 1. The molecule has 2 aliphatic heterocycles. The third kappa shape index (κ3) is 6.68. The van der Waals surface area contributed by atoms with Crippen LogP contribution < -0.4 is 20.3 Å². The van der Waals surface area contributed by atoms with Gasteiger partial charge in [0.25, 0.3) is 5.91 Å². The quantitative estimate of drug-likeness (QED) is 0.300.